The minimum atomic E-state index is 0.280. The molecular weight excluding hydrogens is 316 g/mol. The zero-order valence-electron chi connectivity index (χ0n) is 15.4. The number of nitrogens with one attached hydrogen (secondary N) is 2. The number of rotatable bonds is 9. The van der Waals surface area contributed by atoms with Crippen molar-refractivity contribution in [1.29, 1.82) is 0 Å². The second kappa shape index (κ2) is 10.6. The van der Waals surface area contributed by atoms with E-state index in [0.717, 1.165) is 49.7 Å². The fourth-order valence-corrected chi connectivity index (χ4v) is 2.78. The summed E-state index contributed by atoms with van der Waals surface area (Å²) in [6, 6.07) is 8.01. The minimum Gasteiger partial charge on any atom is -0.491 e. The van der Waals surface area contributed by atoms with E-state index in [1.807, 2.05) is 43.0 Å². The number of likely N-dealkylation sites (tertiary alicyclic amines) is 1. The molecule has 0 aromatic heterocycles. The lowest BCUT2D eigenvalue weighted by Crippen LogP contribution is -2.39. The maximum absolute atomic E-state index is 11.6. The Hall–Kier alpha value is -2.24. The molecule has 0 unspecified atom stereocenters. The van der Waals surface area contributed by atoms with E-state index in [0.29, 0.717) is 26.1 Å². The first-order valence-electron chi connectivity index (χ1n) is 9.19. The highest BCUT2D eigenvalue weighted by atomic mass is 16.5. The number of benzene rings is 1. The second-order valence-corrected chi connectivity index (χ2v) is 6.14. The van der Waals surface area contributed by atoms with Gasteiger partial charge in [0.25, 0.3) is 0 Å². The van der Waals surface area contributed by atoms with Gasteiger partial charge in [0.2, 0.25) is 5.91 Å². The van der Waals surface area contributed by atoms with E-state index in [1.54, 1.807) is 0 Å². The number of aryl methyl sites for hydroxylation is 1. The van der Waals surface area contributed by atoms with Gasteiger partial charge in [0.05, 0.1) is 6.54 Å². The number of carbonyl (C=O) groups excluding carboxylic acids is 1. The number of guanidine groups is 1. The van der Waals surface area contributed by atoms with E-state index in [9.17, 15) is 4.79 Å². The topological polar surface area (TPSA) is 66.0 Å². The Kier molecular flexibility index (Phi) is 8.09. The van der Waals surface area contributed by atoms with Crippen molar-refractivity contribution in [1.82, 2.24) is 15.5 Å². The molecule has 1 aliphatic rings. The Morgan fingerprint density at radius 1 is 1.32 bits per heavy atom. The van der Waals surface area contributed by atoms with Crippen LogP contribution in [0.4, 0.5) is 0 Å². The van der Waals surface area contributed by atoms with Crippen LogP contribution in [0, 0.1) is 6.92 Å². The molecule has 138 valence electrons. The molecule has 2 rings (SSSR count). The Morgan fingerprint density at radius 3 is 2.88 bits per heavy atom. The molecule has 0 spiro atoms. The first-order chi connectivity index (χ1) is 12.2. The normalized spacial score (nSPS) is 14.7. The summed E-state index contributed by atoms with van der Waals surface area (Å²) in [6.07, 6.45) is 2.59. The fraction of sp³-hybridized carbons (Fsp3) is 0.579. The molecule has 0 saturated carbocycles. The summed E-state index contributed by atoms with van der Waals surface area (Å²) in [4.78, 5) is 18.1. The van der Waals surface area contributed by atoms with Crippen LogP contribution in [0.2, 0.25) is 0 Å². The van der Waals surface area contributed by atoms with Crippen LogP contribution in [-0.2, 0) is 4.79 Å². The quantitative estimate of drug-likeness (QED) is 0.407. The minimum absolute atomic E-state index is 0.280. The molecule has 0 atom stereocenters. The standard InChI is InChI=1S/C19H30N4O2/c1-3-20-19(21-11-7-14-23-13-6-10-18(23)24)22-12-15-25-17-9-5-4-8-16(17)2/h4-5,8-9H,3,6-7,10-15H2,1-2H3,(H2,20,21,22). The van der Waals surface area contributed by atoms with Gasteiger partial charge in [-0.05, 0) is 38.3 Å². The third kappa shape index (κ3) is 6.64. The molecule has 1 fully saturated rings. The summed E-state index contributed by atoms with van der Waals surface area (Å²) in [5.74, 6) is 1.99. The van der Waals surface area contributed by atoms with E-state index in [2.05, 4.69) is 15.6 Å². The van der Waals surface area contributed by atoms with Crippen molar-refractivity contribution in [2.75, 3.05) is 39.3 Å². The van der Waals surface area contributed by atoms with Crippen LogP contribution in [0.25, 0.3) is 0 Å². The monoisotopic (exact) mass is 346 g/mol. The predicted molar refractivity (Wildman–Crippen MR) is 101 cm³/mol. The van der Waals surface area contributed by atoms with Crippen molar-refractivity contribution < 1.29 is 9.53 Å². The van der Waals surface area contributed by atoms with Crippen LogP contribution < -0.4 is 15.4 Å². The first-order valence-corrected chi connectivity index (χ1v) is 9.19. The zero-order chi connectivity index (χ0) is 17.9. The number of nitrogens with zero attached hydrogens (tertiary/aromatic N) is 2. The molecule has 6 heteroatoms. The van der Waals surface area contributed by atoms with Crippen molar-refractivity contribution in [3.05, 3.63) is 29.8 Å². The number of hydrogen-bond donors (Lipinski definition) is 2. The van der Waals surface area contributed by atoms with E-state index in [4.69, 9.17) is 4.74 Å². The third-order valence-corrected chi connectivity index (χ3v) is 4.12. The lowest BCUT2D eigenvalue weighted by atomic mass is 10.2. The van der Waals surface area contributed by atoms with Crippen molar-refractivity contribution in [2.45, 2.75) is 33.1 Å². The molecule has 1 amide bonds. The molecule has 1 heterocycles. The number of hydrogen-bond acceptors (Lipinski definition) is 3. The molecule has 0 radical (unpaired) electrons. The molecule has 1 saturated heterocycles. The van der Waals surface area contributed by atoms with Crippen molar-refractivity contribution in [3.63, 3.8) is 0 Å². The maximum Gasteiger partial charge on any atom is 0.222 e. The first kappa shape index (κ1) is 19.1. The Labute approximate surface area is 150 Å². The Balaban J connectivity index is 1.66. The highest BCUT2D eigenvalue weighted by Gasteiger charge is 2.18. The van der Waals surface area contributed by atoms with Crippen LogP contribution >= 0.6 is 0 Å². The van der Waals surface area contributed by atoms with Crippen LogP contribution in [0.15, 0.2) is 29.3 Å². The summed E-state index contributed by atoms with van der Waals surface area (Å²) in [5.41, 5.74) is 1.14. The maximum atomic E-state index is 11.6. The van der Waals surface area contributed by atoms with Crippen molar-refractivity contribution >= 4 is 11.9 Å². The Bertz CT molecular complexity index is 574. The van der Waals surface area contributed by atoms with Gasteiger partial charge in [-0.25, -0.2) is 0 Å². The summed E-state index contributed by atoms with van der Waals surface area (Å²) in [7, 11) is 0. The lowest BCUT2D eigenvalue weighted by Gasteiger charge is -2.15. The van der Waals surface area contributed by atoms with Gasteiger partial charge in [0, 0.05) is 32.6 Å². The van der Waals surface area contributed by atoms with Crippen LogP contribution in [0.5, 0.6) is 5.75 Å². The van der Waals surface area contributed by atoms with Gasteiger partial charge in [-0.15, -0.1) is 0 Å². The molecule has 1 aromatic rings. The van der Waals surface area contributed by atoms with Gasteiger partial charge < -0.3 is 20.3 Å². The number of amides is 1. The molecule has 6 nitrogen and oxygen atoms in total. The highest BCUT2D eigenvalue weighted by molar-refractivity contribution is 5.79. The summed E-state index contributed by atoms with van der Waals surface area (Å²) >= 11 is 0. The molecule has 25 heavy (non-hydrogen) atoms. The Morgan fingerprint density at radius 2 is 2.16 bits per heavy atom. The van der Waals surface area contributed by atoms with Gasteiger partial charge >= 0.3 is 0 Å². The van der Waals surface area contributed by atoms with Crippen LogP contribution in [-0.4, -0.2) is 56.1 Å². The lowest BCUT2D eigenvalue weighted by molar-refractivity contribution is -0.127. The number of para-hydroxylation sites is 1. The smallest absolute Gasteiger partial charge is 0.222 e. The summed E-state index contributed by atoms with van der Waals surface area (Å²) in [5, 5.41) is 6.51. The number of aliphatic imine (C=N–C) groups is 1. The summed E-state index contributed by atoms with van der Waals surface area (Å²) < 4.78 is 5.78. The van der Waals surface area contributed by atoms with E-state index in [1.165, 1.54) is 0 Å². The molecule has 0 bridgehead atoms. The van der Waals surface area contributed by atoms with Gasteiger partial charge in [0.1, 0.15) is 12.4 Å². The molecule has 1 aromatic carbocycles. The molecule has 1 aliphatic heterocycles. The number of ether oxygens (including phenoxy) is 1. The molecule has 2 N–H and O–H groups in total. The highest BCUT2D eigenvalue weighted by Crippen LogP contribution is 2.15. The third-order valence-electron chi connectivity index (χ3n) is 4.12. The average molecular weight is 346 g/mol. The second-order valence-electron chi connectivity index (χ2n) is 6.14. The number of carbonyl (C=O) groups is 1. The van der Waals surface area contributed by atoms with E-state index in [-0.39, 0.29) is 5.91 Å². The fourth-order valence-electron chi connectivity index (χ4n) is 2.78. The van der Waals surface area contributed by atoms with Crippen molar-refractivity contribution in [2.24, 2.45) is 4.99 Å². The summed E-state index contributed by atoms with van der Waals surface area (Å²) in [6.45, 7) is 8.58. The van der Waals surface area contributed by atoms with E-state index < -0.39 is 0 Å². The van der Waals surface area contributed by atoms with E-state index >= 15 is 0 Å². The van der Waals surface area contributed by atoms with Crippen molar-refractivity contribution in [3.8, 4) is 5.75 Å². The largest absolute Gasteiger partial charge is 0.491 e. The van der Waals surface area contributed by atoms with Gasteiger partial charge in [-0.3, -0.25) is 9.79 Å². The predicted octanol–water partition coefficient (Wildman–Crippen LogP) is 1.94. The molecule has 0 aliphatic carbocycles. The van der Waals surface area contributed by atoms with Gasteiger partial charge in [0.15, 0.2) is 5.96 Å². The average Bonchev–Trinajstić information content (AvgIpc) is 3.02. The van der Waals surface area contributed by atoms with Crippen LogP contribution in [0.3, 0.4) is 0 Å². The zero-order valence-corrected chi connectivity index (χ0v) is 15.4. The molecular formula is C19H30N4O2. The van der Waals surface area contributed by atoms with Gasteiger partial charge in [-0.2, -0.15) is 0 Å². The SMILES string of the molecule is CCNC(=NCCCN1CCCC1=O)NCCOc1ccccc1C. The van der Waals surface area contributed by atoms with Gasteiger partial charge in [-0.1, -0.05) is 18.2 Å². The van der Waals surface area contributed by atoms with Crippen LogP contribution in [0.1, 0.15) is 31.7 Å².